The average Bonchev–Trinajstić information content (AvgIpc) is 3.55. The summed E-state index contributed by atoms with van der Waals surface area (Å²) < 4.78 is 58.9. The molecule has 0 saturated heterocycles. The molecule has 5 rings (SSSR count). The number of pyridine rings is 1. The topological polar surface area (TPSA) is 95.3 Å². The minimum Gasteiger partial charge on any atom is -0.481 e. The first-order valence-electron chi connectivity index (χ1n) is 12.1. The maximum atomic E-state index is 14.1. The fourth-order valence-corrected chi connectivity index (χ4v) is 6.98. The molecule has 2 aromatic heterocycles. The highest BCUT2D eigenvalue weighted by atomic mass is 32.2. The molecule has 9 heteroatoms. The molecule has 7 nitrogen and oxygen atoms in total. The Kier molecular flexibility index (Phi) is 6.68. The molecule has 1 fully saturated rings. The van der Waals surface area contributed by atoms with E-state index in [0.29, 0.717) is 17.0 Å². The molecule has 1 aliphatic carbocycles. The maximum Gasteiger partial charge on any atom is 0.269 e. The minimum absolute atomic E-state index is 0.144. The first-order chi connectivity index (χ1) is 17.7. The molecule has 0 unspecified atom stereocenters. The highest BCUT2D eigenvalue weighted by Gasteiger charge is 2.27. The van der Waals surface area contributed by atoms with Crippen LogP contribution in [0.4, 0.5) is 0 Å². The van der Waals surface area contributed by atoms with Crippen molar-refractivity contribution in [3.05, 3.63) is 90.1 Å². The van der Waals surface area contributed by atoms with E-state index in [1.54, 1.807) is 66.7 Å². The standard InChI is InChI=1S/C28H28N2O5S2/c1-35-27-17-14-22-19-26(30(28(22)29-27)37(33,34)24-10-4-3-5-11-24)25(18-20-8-6-7-9-20)21-12-15-23(16-13-21)36(2,31)32/h3-5,10-20H,6-9H2,1-2H3/b25-18+. The predicted molar refractivity (Wildman–Crippen MR) is 144 cm³/mol. The van der Waals surface area contributed by atoms with E-state index >= 15 is 0 Å². The molecule has 0 N–H and O–H groups in total. The van der Waals surface area contributed by atoms with Crippen LogP contribution in [0.3, 0.4) is 0 Å². The van der Waals surface area contributed by atoms with Crippen molar-refractivity contribution in [2.75, 3.05) is 13.4 Å². The van der Waals surface area contributed by atoms with Crippen molar-refractivity contribution in [1.29, 1.82) is 0 Å². The summed E-state index contributed by atoms with van der Waals surface area (Å²) in [5, 5.41) is 0.653. The van der Waals surface area contributed by atoms with Gasteiger partial charge in [-0.1, -0.05) is 49.2 Å². The van der Waals surface area contributed by atoms with E-state index in [9.17, 15) is 16.8 Å². The molecule has 0 radical (unpaired) electrons. The van der Waals surface area contributed by atoms with Crippen molar-refractivity contribution in [3.8, 4) is 5.88 Å². The number of hydrogen-bond donors (Lipinski definition) is 0. The number of rotatable bonds is 7. The molecule has 37 heavy (non-hydrogen) atoms. The van der Waals surface area contributed by atoms with Crippen LogP contribution in [-0.2, 0) is 19.9 Å². The lowest BCUT2D eigenvalue weighted by Gasteiger charge is -2.16. The third kappa shape index (κ3) is 4.93. The van der Waals surface area contributed by atoms with Crippen LogP contribution in [-0.4, -0.2) is 39.2 Å². The molecule has 0 amide bonds. The summed E-state index contributed by atoms with van der Waals surface area (Å²) in [7, 11) is -5.92. The third-order valence-electron chi connectivity index (χ3n) is 6.75. The minimum atomic E-state index is -4.03. The van der Waals surface area contributed by atoms with Crippen LogP contribution in [0.15, 0.2) is 88.7 Å². The highest BCUT2D eigenvalue weighted by molar-refractivity contribution is 7.90. The molecule has 2 aromatic carbocycles. The van der Waals surface area contributed by atoms with E-state index in [4.69, 9.17) is 4.74 Å². The van der Waals surface area contributed by atoms with Gasteiger partial charge < -0.3 is 4.74 Å². The van der Waals surface area contributed by atoms with Gasteiger partial charge in [0, 0.05) is 23.3 Å². The second-order valence-corrected chi connectivity index (χ2v) is 13.1. The molecule has 192 valence electrons. The van der Waals surface area contributed by atoms with Gasteiger partial charge in [0.05, 0.1) is 22.6 Å². The molecule has 4 aromatic rings. The zero-order valence-electron chi connectivity index (χ0n) is 20.7. The van der Waals surface area contributed by atoms with Crippen molar-refractivity contribution in [2.45, 2.75) is 35.5 Å². The number of allylic oxidation sites excluding steroid dienone is 1. The third-order valence-corrected chi connectivity index (χ3v) is 9.59. The van der Waals surface area contributed by atoms with Gasteiger partial charge in [0.1, 0.15) is 0 Å². The molecule has 0 aliphatic heterocycles. The van der Waals surface area contributed by atoms with Gasteiger partial charge in [-0.3, -0.25) is 0 Å². The molecule has 2 heterocycles. The number of ether oxygens (including phenoxy) is 1. The van der Waals surface area contributed by atoms with Gasteiger partial charge in [0.2, 0.25) is 5.88 Å². The normalized spacial score (nSPS) is 15.4. The van der Waals surface area contributed by atoms with Gasteiger partial charge in [-0.15, -0.1) is 0 Å². The summed E-state index contributed by atoms with van der Waals surface area (Å²) in [6.07, 6.45) is 7.56. The number of methoxy groups -OCH3 is 1. The Labute approximate surface area is 217 Å². The van der Waals surface area contributed by atoms with Crippen LogP contribution < -0.4 is 4.74 Å². The quantitative estimate of drug-likeness (QED) is 0.318. The van der Waals surface area contributed by atoms with Gasteiger partial charge in [0.25, 0.3) is 10.0 Å². The summed E-state index contributed by atoms with van der Waals surface area (Å²) in [5.41, 5.74) is 2.20. The summed E-state index contributed by atoms with van der Waals surface area (Å²) >= 11 is 0. The van der Waals surface area contributed by atoms with E-state index in [1.807, 2.05) is 6.07 Å². The first-order valence-corrected chi connectivity index (χ1v) is 15.4. The Bertz CT molecular complexity index is 1680. The van der Waals surface area contributed by atoms with Crippen molar-refractivity contribution in [1.82, 2.24) is 8.96 Å². The fraction of sp³-hybridized carbons (Fsp3) is 0.250. The fourth-order valence-electron chi connectivity index (χ4n) is 4.85. The SMILES string of the molecule is COc1ccc2cc(/C(=C/C3CCCC3)c3ccc(S(C)(=O)=O)cc3)n(S(=O)(=O)c3ccccc3)c2n1. The van der Waals surface area contributed by atoms with E-state index in [2.05, 4.69) is 11.1 Å². The zero-order valence-corrected chi connectivity index (χ0v) is 22.3. The lowest BCUT2D eigenvalue weighted by molar-refractivity contribution is 0.399. The lowest BCUT2D eigenvalue weighted by atomic mass is 9.96. The molecular formula is C28H28N2O5S2. The Morgan fingerprint density at radius 3 is 2.22 bits per heavy atom. The number of benzene rings is 2. The molecule has 1 aliphatic rings. The number of nitrogens with zero attached hydrogens (tertiary/aromatic N) is 2. The summed E-state index contributed by atoms with van der Waals surface area (Å²) in [4.78, 5) is 4.87. The van der Waals surface area contributed by atoms with E-state index in [0.717, 1.165) is 36.8 Å². The van der Waals surface area contributed by atoms with Gasteiger partial charge in [-0.05, 0) is 60.7 Å². The van der Waals surface area contributed by atoms with Crippen LogP contribution >= 0.6 is 0 Å². The first kappa shape index (κ1) is 25.2. The number of hydrogen-bond acceptors (Lipinski definition) is 6. The van der Waals surface area contributed by atoms with Gasteiger partial charge >= 0.3 is 0 Å². The van der Waals surface area contributed by atoms with Crippen LogP contribution in [0.2, 0.25) is 0 Å². The number of aromatic nitrogens is 2. The van der Waals surface area contributed by atoms with E-state index < -0.39 is 19.9 Å². The molecule has 0 spiro atoms. The molecule has 1 saturated carbocycles. The molecular weight excluding hydrogens is 508 g/mol. The smallest absolute Gasteiger partial charge is 0.269 e. The summed E-state index contributed by atoms with van der Waals surface area (Å²) in [5.74, 6) is 0.596. The van der Waals surface area contributed by atoms with Crippen molar-refractivity contribution in [3.63, 3.8) is 0 Å². The zero-order chi connectivity index (χ0) is 26.2. The summed E-state index contributed by atoms with van der Waals surface area (Å²) in [6, 6.07) is 20.2. The van der Waals surface area contributed by atoms with Gasteiger partial charge in [-0.25, -0.2) is 20.8 Å². The van der Waals surface area contributed by atoms with E-state index in [-0.39, 0.29) is 21.4 Å². The maximum absolute atomic E-state index is 14.1. The number of sulfone groups is 1. The Hall–Kier alpha value is -3.43. The van der Waals surface area contributed by atoms with Crippen LogP contribution in [0.1, 0.15) is 36.9 Å². The van der Waals surface area contributed by atoms with Crippen LogP contribution in [0.25, 0.3) is 16.6 Å². The highest BCUT2D eigenvalue weighted by Crippen LogP contribution is 2.37. The Morgan fingerprint density at radius 1 is 0.919 bits per heavy atom. The van der Waals surface area contributed by atoms with Crippen molar-refractivity contribution in [2.24, 2.45) is 5.92 Å². The second kappa shape index (κ2) is 9.79. The van der Waals surface area contributed by atoms with E-state index in [1.165, 1.54) is 17.3 Å². The van der Waals surface area contributed by atoms with Crippen LogP contribution in [0.5, 0.6) is 5.88 Å². The second-order valence-electron chi connectivity index (χ2n) is 9.30. The lowest BCUT2D eigenvalue weighted by Crippen LogP contribution is -2.16. The Morgan fingerprint density at radius 2 is 1.59 bits per heavy atom. The largest absolute Gasteiger partial charge is 0.481 e. The Balaban J connectivity index is 1.80. The monoisotopic (exact) mass is 536 g/mol. The van der Waals surface area contributed by atoms with Gasteiger partial charge in [-0.2, -0.15) is 4.98 Å². The number of fused-ring (bicyclic) bond motifs is 1. The molecule has 0 atom stereocenters. The van der Waals surface area contributed by atoms with Crippen molar-refractivity contribution >= 4 is 36.5 Å². The summed E-state index contributed by atoms with van der Waals surface area (Å²) in [6.45, 7) is 0. The van der Waals surface area contributed by atoms with Gasteiger partial charge in [0.15, 0.2) is 15.5 Å². The predicted octanol–water partition coefficient (Wildman–Crippen LogP) is 5.31. The average molecular weight is 537 g/mol. The molecule has 0 bridgehead atoms. The van der Waals surface area contributed by atoms with Crippen molar-refractivity contribution < 1.29 is 21.6 Å². The van der Waals surface area contributed by atoms with Crippen LogP contribution in [0, 0.1) is 5.92 Å².